The third-order valence-electron chi connectivity index (χ3n) is 17.3. The minimum Gasteiger partial charge on any atom is -0.325 e. The maximum Gasteiger partial charge on any atom is 0.238 e. The molecule has 16 heteroatoms. The van der Waals surface area contributed by atoms with Gasteiger partial charge in [0.15, 0.2) is 75.8 Å². The van der Waals surface area contributed by atoms with Crippen LogP contribution in [-0.4, -0.2) is 49.8 Å². The standard InChI is InChI=1S/C81H72N12O4/c82-49-77(94)86-73-25-9-61(10-26-73)65-33-41-90(42-34-65)53-57-1-17-69(18-2-57)81(70-19-3-58(4-20-70)54-91-43-35-66(36-44-91)62-11-27-74(28-12-62)87-78(95)50-83,71-21-5-59(6-22-71)55-92-45-37-67(38-46-92)63-13-29-75(30-14-63)88-79(96)51-84)72-23-7-60(8-24-72)56-93-47-39-68(40-48-93)64-15-31-76(32-16-64)89-80(97)52-85/h1-48H,49-56,82-85H2/p+4. The van der Waals surface area contributed by atoms with Gasteiger partial charge in [0.1, 0.15) is 0 Å². The second kappa shape index (κ2) is 30.4. The SMILES string of the molecule is NCC(=O)Nc1ccc(-c2cc[n+](Cc3ccc(C(c4ccc(C[n+]5ccc(-c6ccc(NC(=O)CN)cc6)cc5)cc4)(c4ccc(C[n+]5ccc(-c6ccc(NC(=O)CN)cc6)cc5)cc4)c4ccc(C[n+]5ccc(-c6ccc(NC(=O)CN)cc6)cc5)cc4)cc3)cc2)cc1. The topological polar surface area (TPSA) is 236 Å². The second-order valence-corrected chi connectivity index (χ2v) is 23.9. The molecule has 0 bridgehead atoms. The predicted octanol–water partition coefficient (Wildman–Crippen LogP) is 9.67. The number of benzene rings is 8. The molecule has 4 aromatic heterocycles. The molecule has 12 aromatic rings. The largest absolute Gasteiger partial charge is 0.325 e. The van der Waals surface area contributed by atoms with Crippen LogP contribution in [0.1, 0.15) is 44.5 Å². The molecule has 4 heterocycles. The van der Waals surface area contributed by atoms with Crippen LogP contribution < -0.4 is 62.5 Å². The number of nitrogens with one attached hydrogen (secondary N) is 4. The minimum absolute atomic E-state index is 0.0758. The van der Waals surface area contributed by atoms with Crippen molar-refractivity contribution in [3.05, 3.63) is 337 Å². The Morgan fingerprint density at radius 1 is 0.237 bits per heavy atom. The number of amides is 4. The summed E-state index contributed by atoms with van der Waals surface area (Å²) in [6.45, 7) is 2.29. The monoisotopic (exact) mass is 1280 g/mol. The molecule has 12 rings (SSSR count). The molecule has 0 aliphatic heterocycles. The van der Waals surface area contributed by atoms with E-state index in [9.17, 15) is 19.2 Å². The number of aromatic nitrogens is 4. The van der Waals surface area contributed by atoms with Crippen LogP contribution in [0.4, 0.5) is 22.7 Å². The average Bonchev–Trinajstić information content (AvgIpc) is 0.734. The van der Waals surface area contributed by atoms with Gasteiger partial charge in [0.25, 0.3) is 0 Å². The van der Waals surface area contributed by atoms with E-state index in [-0.39, 0.29) is 49.8 Å². The fourth-order valence-corrected chi connectivity index (χ4v) is 12.1. The molecule has 0 saturated carbocycles. The van der Waals surface area contributed by atoms with E-state index in [4.69, 9.17) is 22.9 Å². The summed E-state index contributed by atoms with van der Waals surface area (Å²) in [6, 6.07) is 84.1. The number of rotatable bonds is 24. The molecule has 8 aromatic carbocycles. The van der Waals surface area contributed by atoms with Crippen molar-refractivity contribution in [3.8, 4) is 44.5 Å². The molecule has 0 fully saturated rings. The van der Waals surface area contributed by atoms with Crippen LogP contribution >= 0.6 is 0 Å². The second-order valence-electron chi connectivity index (χ2n) is 23.9. The number of hydrogen-bond donors (Lipinski definition) is 8. The summed E-state index contributed by atoms with van der Waals surface area (Å²) in [5, 5.41) is 11.3. The van der Waals surface area contributed by atoms with E-state index >= 15 is 0 Å². The summed E-state index contributed by atoms with van der Waals surface area (Å²) in [4.78, 5) is 47.6. The van der Waals surface area contributed by atoms with Crippen molar-refractivity contribution in [2.75, 3.05) is 47.4 Å². The number of nitrogens with zero attached hydrogens (tertiary/aromatic N) is 4. The lowest BCUT2D eigenvalue weighted by molar-refractivity contribution is -0.688. The molecule has 0 spiro atoms. The maximum absolute atomic E-state index is 11.9. The van der Waals surface area contributed by atoms with E-state index in [0.717, 1.165) is 89.0 Å². The smallest absolute Gasteiger partial charge is 0.238 e. The van der Waals surface area contributed by atoms with Crippen molar-refractivity contribution in [3.63, 3.8) is 0 Å². The molecule has 0 atom stereocenters. The molecular formula is C81H76N12O4+4. The van der Waals surface area contributed by atoms with Gasteiger partial charge < -0.3 is 44.2 Å². The van der Waals surface area contributed by atoms with Gasteiger partial charge in [-0.2, -0.15) is 0 Å². The fraction of sp³-hybridized carbons (Fsp3) is 0.111. The van der Waals surface area contributed by atoms with Crippen molar-refractivity contribution in [2.45, 2.75) is 31.6 Å². The lowest BCUT2D eigenvalue weighted by atomic mass is 9.65. The van der Waals surface area contributed by atoms with Gasteiger partial charge >= 0.3 is 0 Å². The van der Waals surface area contributed by atoms with Crippen molar-refractivity contribution in [1.29, 1.82) is 0 Å². The zero-order valence-electron chi connectivity index (χ0n) is 53.6. The van der Waals surface area contributed by atoms with Crippen molar-refractivity contribution >= 4 is 46.4 Å². The Hall–Kier alpha value is -11.9. The Kier molecular flexibility index (Phi) is 20.4. The molecule has 4 amide bonds. The van der Waals surface area contributed by atoms with Gasteiger partial charge in [0.2, 0.25) is 23.6 Å². The van der Waals surface area contributed by atoms with E-state index in [1.165, 1.54) is 0 Å². The molecule has 0 unspecified atom stereocenters. The molecule has 0 aliphatic carbocycles. The predicted molar refractivity (Wildman–Crippen MR) is 380 cm³/mol. The van der Waals surface area contributed by atoms with Gasteiger partial charge in [0, 0.05) is 93.5 Å². The van der Waals surface area contributed by atoms with Gasteiger partial charge in [-0.05, 0) is 115 Å². The fourth-order valence-electron chi connectivity index (χ4n) is 12.1. The lowest BCUT2D eigenvalue weighted by Gasteiger charge is -2.37. The molecule has 0 radical (unpaired) electrons. The summed E-state index contributed by atoms with van der Waals surface area (Å²) >= 11 is 0. The first-order valence-electron chi connectivity index (χ1n) is 32.2. The van der Waals surface area contributed by atoms with Gasteiger partial charge in [0.05, 0.1) is 31.6 Å². The van der Waals surface area contributed by atoms with Crippen LogP contribution in [0.5, 0.6) is 0 Å². The van der Waals surface area contributed by atoms with E-state index in [1.807, 2.05) is 97.1 Å². The molecule has 12 N–H and O–H groups in total. The van der Waals surface area contributed by atoms with Crippen LogP contribution in [0.3, 0.4) is 0 Å². The van der Waals surface area contributed by atoms with Crippen LogP contribution in [0, 0.1) is 0 Å². The van der Waals surface area contributed by atoms with Crippen LogP contribution in [0.15, 0.2) is 292 Å². The van der Waals surface area contributed by atoms with Gasteiger partial charge in [-0.25, -0.2) is 18.3 Å². The lowest BCUT2D eigenvalue weighted by Crippen LogP contribution is -2.35. The molecule has 480 valence electrons. The van der Waals surface area contributed by atoms with E-state index in [0.29, 0.717) is 48.9 Å². The summed E-state index contributed by atoms with van der Waals surface area (Å²) in [7, 11) is 0. The Bertz CT molecular complexity index is 4050. The average molecular weight is 1280 g/mol. The highest BCUT2D eigenvalue weighted by Gasteiger charge is 2.39. The summed E-state index contributed by atoms with van der Waals surface area (Å²) in [6.07, 6.45) is 16.8. The van der Waals surface area contributed by atoms with Crippen LogP contribution in [-0.2, 0) is 50.8 Å². The number of pyridine rings is 4. The number of carbonyl (C=O) groups is 4. The number of nitrogens with two attached hydrogens (primary N) is 4. The molecule has 16 nitrogen and oxygen atoms in total. The van der Waals surface area contributed by atoms with E-state index in [2.05, 4.69) is 235 Å². The number of hydrogen-bond acceptors (Lipinski definition) is 8. The minimum atomic E-state index is -0.794. The maximum atomic E-state index is 11.9. The third kappa shape index (κ3) is 16.0. The quantitative estimate of drug-likeness (QED) is 0.0214. The van der Waals surface area contributed by atoms with Crippen LogP contribution in [0.25, 0.3) is 44.5 Å². The van der Waals surface area contributed by atoms with Crippen molar-refractivity contribution in [1.82, 2.24) is 0 Å². The normalized spacial score (nSPS) is 11.2. The molecule has 0 saturated heterocycles. The van der Waals surface area contributed by atoms with Crippen LogP contribution in [0.2, 0.25) is 0 Å². The Labute approximate surface area is 564 Å². The van der Waals surface area contributed by atoms with Gasteiger partial charge in [-0.1, -0.05) is 146 Å². The Morgan fingerprint density at radius 2 is 0.402 bits per heavy atom. The highest BCUT2D eigenvalue weighted by atomic mass is 16.2. The first-order valence-corrected chi connectivity index (χ1v) is 32.2. The first kappa shape index (κ1) is 65.2. The third-order valence-corrected chi connectivity index (χ3v) is 17.3. The zero-order valence-corrected chi connectivity index (χ0v) is 53.6. The van der Waals surface area contributed by atoms with Gasteiger partial charge in [-0.3, -0.25) is 19.2 Å². The molecule has 0 aliphatic rings. The summed E-state index contributed by atoms with van der Waals surface area (Å²) in [5.74, 6) is -0.947. The van der Waals surface area contributed by atoms with Gasteiger partial charge in [-0.15, -0.1) is 0 Å². The number of carbonyl (C=O) groups excluding carboxylic acids is 4. The Morgan fingerprint density at radius 3 is 0.567 bits per heavy atom. The first-order chi connectivity index (χ1) is 47.4. The van der Waals surface area contributed by atoms with E-state index in [1.54, 1.807) is 0 Å². The summed E-state index contributed by atoms with van der Waals surface area (Å²) < 4.78 is 8.72. The molecule has 97 heavy (non-hydrogen) atoms. The number of anilines is 4. The zero-order chi connectivity index (χ0) is 67.1. The van der Waals surface area contributed by atoms with Crippen molar-refractivity contribution < 1.29 is 37.4 Å². The van der Waals surface area contributed by atoms with Crippen molar-refractivity contribution in [2.24, 2.45) is 22.9 Å². The Balaban J connectivity index is 0.873. The van der Waals surface area contributed by atoms with E-state index < -0.39 is 5.41 Å². The highest BCUT2D eigenvalue weighted by molar-refractivity contribution is 5.94. The summed E-state index contributed by atoms with van der Waals surface area (Å²) in [5.41, 5.74) is 41.4. The highest BCUT2D eigenvalue weighted by Crippen LogP contribution is 2.46. The molecular weight excluding hydrogens is 1200 g/mol.